The number of fused-ring (bicyclic) bond motifs is 1. The maximum absolute atomic E-state index is 12.7. The molecule has 0 saturated carbocycles. The molecule has 0 fully saturated rings. The lowest BCUT2D eigenvalue weighted by Crippen LogP contribution is -2.37. The third kappa shape index (κ3) is 4.66. The highest BCUT2D eigenvalue weighted by Crippen LogP contribution is 2.19. The van der Waals surface area contributed by atoms with Crippen molar-refractivity contribution < 1.29 is 14.1 Å². The average molecular weight is 422 g/mol. The lowest BCUT2D eigenvalue weighted by atomic mass is 10.1. The number of aryl methyl sites for hydroxylation is 1. The summed E-state index contributed by atoms with van der Waals surface area (Å²) in [5.74, 6) is 0.173. The molecule has 162 valence electrons. The molecule has 0 spiro atoms. The van der Waals surface area contributed by atoms with Crippen molar-refractivity contribution in [1.82, 2.24) is 30.5 Å². The molecule has 0 radical (unpaired) electrons. The van der Waals surface area contributed by atoms with Gasteiger partial charge in [-0.25, -0.2) is 0 Å². The van der Waals surface area contributed by atoms with E-state index in [-0.39, 0.29) is 17.9 Å². The van der Waals surface area contributed by atoms with Gasteiger partial charge in [0, 0.05) is 30.8 Å². The van der Waals surface area contributed by atoms with E-state index < -0.39 is 0 Å². The summed E-state index contributed by atoms with van der Waals surface area (Å²) < 4.78 is 7.00. The van der Waals surface area contributed by atoms with Crippen LogP contribution in [0.25, 0.3) is 0 Å². The molecule has 3 aromatic rings. The molecule has 2 amide bonds. The molecule has 2 N–H and O–H groups in total. The Labute approximate surface area is 180 Å². The second-order valence-electron chi connectivity index (χ2n) is 8.05. The molecule has 0 saturated heterocycles. The third-order valence-corrected chi connectivity index (χ3v) is 5.25. The Morgan fingerprint density at radius 3 is 2.71 bits per heavy atom. The third-order valence-electron chi connectivity index (χ3n) is 5.25. The summed E-state index contributed by atoms with van der Waals surface area (Å²) in [5.41, 5.74) is 3.44. The van der Waals surface area contributed by atoms with Crippen molar-refractivity contribution in [3.05, 3.63) is 70.4 Å². The summed E-state index contributed by atoms with van der Waals surface area (Å²) in [4.78, 5) is 27.1. The molecule has 1 aromatic carbocycles. The molecule has 4 rings (SSSR count). The number of benzene rings is 1. The molecular weight excluding hydrogens is 396 g/mol. The molecular formula is C22H26N6O3. The number of carbonyl (C=O) groups is 2. The minimum Gasteiger partial charge on any atom is -0.361 e. The van der Waals surface area contributed by atoms with E-state index in [4.69, 9.17) is 4.52 Å². The molecule has 0 aliphatic carbocycles. The van der Waals surface area contributed by atoms with E-state index in [1.54, 1.807) is 17.7 Å². The van der Waals surface area contributed by atoms with Crippen molar-refractivity contribution >= 4 is 11.8 Å². The largest absolute Gasteiger partial charge is 0.361 e. The fraction of sp³-hybridized carbons (Fsp3) is 0.364. The molecule has 2 aromatic heterocycles. The van der Waals surface area contributed by atoms with Gasteiger partial charge in [0.1, 0.15) is 11.5 Å². The molecule has 9 heteroatoms. The number of rotatable bonds is 7. The van der Waals surface area contributed by atoms with Crippen molar-refractivity contribution in [2.24, 2.45) is 0 Å². The Morgan fingerprint density at radius 2 is 2.00 bits per heavy atom. The predicted octanol–water partition coefficient (Wildman–Crippen LogP) is 1.53. The topological polar surface area (TPSA) is 105 Å². The molecule has 0 unspecified atom stereocenters. The van der Waals surface area contributed by atoms with E-state index in [1.807, 2.05) is 49.3 Å². The van der Waals surface area contributed by atoms with Crippen molar-refractivity contribution in [3.8, 4) is 0 Å². The predicted molar refractivity (Wildman–Crippen MR) is 113 cm³/mol. The number of amides is 2. The minimum atomic E-state index is -0.259. The smallest absolute Gasteiger partial charge is 0.274 e. The van der Waals surface area contributed by atoms with Crippen LogP contribution in [0.5, 0.6) is 0 Å². The zero-order valence-corrected chi connectivity index (χ0v) is 17.9. The normalized spacial score (nSPS) is 15.2. The number of nitrogens with zero attached hydrogens (tertiary/aromatic N) is 4. The van der Waals surface area contributed by atoms with Crippen LogP contribution in [0.15, 0.2) is 40.9 Å². The summed E-state index contributed by atoms with van der Waals surface area (Å²) in [6.07, 6.45) is 0.602. The first-order chi connectivity index (χ1) is 14.9. The highest BCUT2D eigenvalue weighted by atomic mass is 16.5. The molecule has 31 heavy (non-hydrogen) atoms. The molecule has 1 aliphatic rings. The van der Waals surface area contributed by atoms with Gasteiger partial charge in [0.25, 0.3) is 11.8 Å². The first kappa shape index (κ1) is 20.8. The molecule has 1 aliphatic heterocycles. The van der Waals surface area contributed by atoms with Gasteiger partial charge in [0.2, 0.25) is 0 Å². The Kier molecular flexibility index (Phi) is 5.85. The number of aromatic nitrogens is 3. The van der Waals surface area contributed by atoms with Crippen LogP contribution in [0, 0.1) is 6.92 Å². The van der Waals surface area contributed by atoms with Crippen LogP contribution in [0.2, 0.25) is 0 Å². The van der Waals surface area contributed by atoms with Gasteiger partial charge in [-0.3, -0.25) is 14.3 Å². The van der Waals surface area contributed by atoms with Crippen molar-refractivity contribution in [2.45, 2.75) is 39.0 Å². The Bertz CT molecular complexity index is 1060. The maximum atomic E-state index is 12.7. The quantitative estimate of drug-likeness (QED) is 0.598. The van der Waals surface area contributed by atoms with Crippen LogP contribution in [0.4, 0.5) is 0 Å². The fourth-order valence-electron chi connectivity index (χ4n) is 3.71. The van der Waals surface area contributed by atoms with Gasteiger partial charge in [-0.05, 0) is 32.6 Å². The number of hydrogen-bond acceptors (Lipinski definition) is 6. The lowest BCUT2D eigenvalue weighted by Gasteiger charge is -2.13. The highest BCUT2D eigenvalue weighted by molar-refractivity contribution is 5.94. The second kappa shape index (κ2) is 8.73. The van der Waals surface area contributed by atoms with Crippen LogP contribution in [0.1, 0.15) is 43.6 Å². The second-order valence-corrected chi connectivity index (χ2v) is 8.05. The molecule has 9 nitrogen and oxygen atoms in total. The van der Waals surface area contributed by atoms with E-state index >= 15 is 0 Å². The van der Waals surface area contributed by atoms with Gasteiger partial charge >= 0.3 is 0 Å². The maximum Gasteiger partial charge on any atom is 0.274 e. The SMILES string of the molecule is Cc1onc(C(=O)N[C@H]2Cc3cc(C(=O)NCc4ccccc4)nn3C2)c1CN(C)C. The first-order valence-corrected chi connectivity index (χ1v) is 10.2. The summed E-state index contributed by atoms with van der Waals surface area (Å²) in [6.45, 7) is 3.34. The average Bonchev–Trinajstić information content (AvgIpc) is 3.40. The highest BCUT2D eigenvalue weighted by Gasteiger charge is 2.28. The van der Waals surface area contributed by atoms with Gasteiger partial charge < -0.3 is 20.1 Å². The van der Waals surface area contributed by atoms with Gasteiger partial charge in [0.05, 0.1) is 12.6 Å². The molecule has 3 heterocycles. The van der Waals surface area contributed by atoms with E-state index in [0.29, 0.717) is 43.2 Å². The van der Waals surface area contributed by atoms with Crippen molar-refractivity contribution in [2.75, 3.05) is 14.1 Å². The van der Waals surface area contributed by atoms with Gasteiger partial charge in [0.15, 0.2) is 5.69 Å². The summed E-state index contributed by atoms with van der Waals surface area (Å²) in [6, 6.07) is 11.4. The van der Waals surface area contributed by atoms with E-state index in [9.17, 15) is 9.59 Å². The van der Waals surface area contributed by atoms with Crippen molar-refractivity contribution in [3.63, 3.8) is 0 Å². The van der Waals surface area contributed by atoms with Crippen LogP contribution >= 0.6 is 0 Å². The fourth-order valence-corrected chi connectivity index (χ4v) is 3.71. The first-order valence-electron chi connectivity index (χ1n) is 10.2. The Balaban J connectivity index is 1.34. The minimum absolute atomic E-state index is 0.111. The van der Waals surface area contributed by atoms with Gasteiger partial charge in [-0.1, -0.05) is 35.5 Å². The lowest BCUT2D eigenvalue weighted by molar-refractivity contribution is 0.0919. The summed E-state index contributed by atoms with van der Waals surface area (Å²) in [7, 11) is 3.86. The molecule has 0 bridgehead atoms. The van der Waals surface area contributed by atoms with E-state index in [2.05, 4.69) is 20.9 Å². The van der Waals surface area contributed by atoms with Crippen LogP contribution in [-0.2, 0) is 26.1 Å². The van der Waals surface area contributed by atoms with E-state index in [1.165, 1.54) is 0 Å². The van der Waals surface area contributed by atoms with Gasteiger partial charge in [-0.2, -0.15) is 5.10 Å². The van der Waals surface area contributed by atoms with Crippen LogP contribution in [0.3, 0.4) is 0 Å². The Morgan fingerprint density at radius 1 is 1.23 bits per heavy atom. The standard InChI is InChI=1S/C22H26N6O3/c1-14-18(13-27(2)3)20(26-31-14)22(30)24-16-9-17-10-19(25-28(17)12-16)21(29)23-11-15-7-5-4-6-8-15/h4-8,10,16H,9,11-13H2,1-3H3,(H,23,29)(H,24,30)/t16-/m0/s1. The number of carbonyl (C=O) groups excluding carboxylic acids is 2. The van der Waals surface area contributed by atoms with Gasteiger partial charge in [-0.15, -0.1) is 0 Å². The number of nitrogens with one attached hydrogen (secondary N) is 2. The van der Waals surface area contributed by atoms with Crippen molar-refractivity contribution in [1.29, 1.82) is 0 Å². The summed E-state index contributed by atoms with van der Waals surface area (Å²) in [5, 5.41) is 14.2. The number of hydrogen-bond donors (Lipinski definition) is 2. The van der Waals surface area contributed by atoms with E-state index in [0.717, 1.165) is 16.8 Å². The zero-order chi connectivity index (χ0) is 22.0. The van der Waals surface area contributed by atoms with Crippen LogP contribution < -0.4 is 10.6 Å². The Hall–Kier alpha value is -3.46. The monoisotopic (exact) mass is 422 g/mol. The molecule has 1 atom stereocenters. The summed E-state index contributed by atoms with van der Waals surface area (Å²) >= 11 is 0. The van der Waals surface area contributed by atoms with Crippen LogP contribution in [-0.4, -0.2) is 51.8 Å². The zero-order valence-electron chi connectivity index (χ0n) is 17.9.